The van der Waals surface area contributed by atoms with Crippen LogP contribution in [-0.2, 0) is 19.9 Å². The van der Waals surface area contributed by atoms with Gasteiger partial charge in [-0.25, -0.2) is 25.9 Å². The van der Waals surface area contributed by atoms with Gasteiger partial charge in [-0.05, 0) is 24.3 Å². The van der Waals surface area contributed by atoms with Gasteiger partial charge in [-0.15, -0.1) is 0 Å². The molecule has 1 rings (SSSR count). The first-order chi connectivity index (χ1) is 9.18. The van der Waals surface area contributed by atoms with Gasteiger partial charge in [0.2, 0.25) is 10.0 Å². The highest BCUT2D eigenvalue weighted by Gasteiger charge is 2.11. The first-order valence-corrected chi connectivity index (χ1v) is 9.43. The van der Waals surface area contributed by atoms with Crippen molar-refractivity contribution in [3.05, 3.63) is 30.1 Å². The maximum absolute atomic E-state index is 12.6. The molecule has 0 aliphatic heterocycles. The number of nitrogens with one attached hydrogen (secondary N) is 1. The second kappa shape index (κ2) is 7.00. The molecule has 0 radical (unpaired) electrons. The Morgan fingerprint density at radius 3 is 2.25 bits per heavy atom. The number of sulfone groups is 1. The van der Waals surface area contributed by atoms with Crippen LogP contribution >= 0.6 is 0 Å². The van der Waals surface area contributed by atoms with Crippen molar-refractivity contribution < 1.29 is 26.0 Å². The molecule has 0 aromatic heterocycles. The Morgan fingerprint density at radius 1 is 1.10 bits per heavy atom. The van der Waals surface area contributed by atoms with E-state index in [1.807, 2.05) is 0 Å². The van der Waals surface area contributed by atoms with Gasteiger partial charge in [-0.3, -0.25) is 0 Å². The number of rotatable bonds is 8. The summed E-state index contributed by atoms with van der Waals surface area (Å²) in [5.74, 6) is -0.621. The van der Waals surface area contributed by atoms with Crippen LogP contribution in [0.15, 0.2) is 24.3 Å². The molecule has 0 amide bonds. The van der Waals surface area contributed by atoms with Crippen LogP contribution in [0.2, 0.25) is 0 Å². The van der Waals surface area contributed by atoms with Crippen LogP contribution < -0.4 is 9.46 Å². The number of ether oxygens (including phenoxy) is 1. The van der Waals surface area contributed by atoms with Crippen molar-refractivity contribution in [3.63, 3.8) is 0 Å². The van der Waals surface area contributed by atoms with E-state index in [4.69, 9.17) is 4.74 Å². The summed E-state index contributed by atoms with van der Waals surface area (Å²) in [5.41, 5.74) is 0. The van der Waals surface area contributed by atoms with E-state index in [2.05, 4.69) is 4.72 Å². The van der Waals surface area contributed by atoms with Gasteiger partial charge in [0.05, 0.1) is 11.5 Å². The molecule has 0 bridgehead atoms. The molecule has 0 aliphatic rings. The van der Waals surface area contributed by atoms with Crippen molar-refractivity contribution in [2.24, 2.45) is 0 Å². The van der Waals surface area contributed by atoms with Gasteiger partial charge in [0.15, 0.2) is 0 Å². The van der Waals surface area contributed by atoms with Crippen LogP contribution in [-0.4, -0.2) is 47.7 Å². The molecule has 1 aromatic rings. The van der Waals surface area contributed by atoms with Gasteiger partial charge in [0.25, 0.3) is 0 Å². The number of halogens is 1. The molecule has 0 unspecified atom stereocenters. The highest BCUT2D eigenvalue weighted by atomic mass is 32.2. The van der Waals surface area contributed by atoms with Crippen molar-refractivity contribution >= 4 is 19.9 Å². The van der Waals surface area contributed by atoms with Crippen molar-refractivity contribution in [1.29, 1.82) is 0 Å². The van der Waals surface area contributed by atoms with Crippen molar-refractivity contribution in [2.75, 3.05) is 30.9 Å². The lowest BCUT2D eigenvalue weighted by atomic mass is 10.3. The molecule has 9 heteroatoms. The fraction of sp³-hybridized carbons (Fsp3) is 0.455. The Labute approximate surface area is 117 Å². The molecule has 1 N–H and O–H groups in total. The Morgan fingerprint density at radius 2 is 1.70 bits per heavy atom. The van der Waals surface area contributed by atoms with E-state index in [1.165, 1.54) is 24.3 Å². The minimum Gasteiger partial charge on any atom is -0.492 e. The van der Waals surface area contributed by atoms with E-state index >= 15 is 0 Å². The van der Waals surface area contributed by atoms with Gasteiger partial charge in [0.1, 0.15) is 28.0 Å². The quantitative estimate of drug-likeness (QED) is 0.736. The highest BCUT2D eigenvalue weighted by molar-refractivity contribution is 7.91. The minimum atomic E-state index is -3.60. The summed E-state index contributed by atoms with van der Waals surface area (Å²) in [6, 6.07) is 5.18. The van der Waals surface area contributed by atoms with Crippen molar-refractivity contribution in [2.45, 2.75) is 0 Å². The normalized spacial score (nSPS) is 12.3. The molecule has 0 fully saturated rings. The molecule has 0 heterocycles. The number of benzene rings is 1. The Bertz CT molecular complexity index is 625. The SMILES string of the molecule is CS(=O)(=O)CCNS(=O)(=O)CCOc1ccc(F)cc1. The molecule has 20 heavy (non-hydrogen) atoms. The molecular formula is C11H16FNO5S2. The number of sulfonamides is 1. The molecule has 0 atom stereocenters. The van der Waals surface area contributed by atoms with E-state index < -0.39 is 25.7 Å². The lowest BCUT2D eigenvalue weighted by Crippen LogP contribution is -2.32. The third-order valence-electron chi connectivity index (χ3n) is 2.23. The summed E-state index contributed by atoms with van der Waals surface area (Å²) in [4.78, 5) is 0. The van der Waals surface area contributed by atoms with Gasteiger partial charge >= 0.3 is 0 Å². The smallest absolute Gasteiger partial charge is 0.214 e. The lowest BCUT2D eigenvalue weighted by Gasteiger charge is -2.08. The van der Waals surface area contributed by atoms with E-state index in [-0.39, 0.29) is 24.7 Å². The van der Waals surface area contributed by atoms with Gasteiger partial charge < -0.3 is 4.74 Å². The molecule has 0 spiro atoms. The van der Waals surface area contributed by atoms with Crippen LogP contribution in [0, 0.1) is 5.82 Å². The maximum Gasteiger partial charge on any atom is 0.214 e. The highest BCUT2D eigenvalue weighted by Crippen LogP contribution is 2.10. The average molecular weight is 325 g/mol. The van der Waals surface area contributed by atoms with E-state index in [1.54, 1.807) is 0 Å². The second-order valence-electron chi connectivity index (χ2n) is 4.15. The molecule has 6 nitrogen and oxygen atoms in total. The maximum atomic E-state index is 12.6. The molecule has 0 aliphatic carbocycles. The zero-order valence-electron chi connectivity index (χ0n) is 10.9. The summed E-state index contributed by atoms with van der Waals surface area (Å²) in [5, 5.41) is 0. The third-order valence-corrected chi connectivity index (χ3v) is 4.52. The summed E-state index contributed by atoms with van der Waals surface area (Å²) in [6.07, 6.45) is 1.03. The minimum absolute atomic E-state index is 0.111. The molecule has 0 saturated heterocycles. The number of hydrogen-bond acceptors (Lipinski definition) is 5. The first-order valence-electron chi connectivity index (χ1n) is 5.71. The van der Waals surface area contributed by atoms with Gasteiger partial charge in [-0.1, -0.05) is 0 Å². The largest absolute Gasteiger partial charge is 0.492 e. The lowest BCUT2D eigenvalue weighted by molar-refractivity contribution is 0.340. The predicted octanol–water partition coefficient (Wildman–Crippen LogP) is 0.168. The Balaban J connectivity index is 2.34. The summed E-state index contributed by atoms with van der Waals surface area (Å²) >= 11 is 0. The monoisotopic (exact) mass is 325 g/mol. The van der Waals surface area contributed by atoms with E-state index in [0.29, 0.717) is 5.75 Å². The molecule has 1 aromatic carbocycles. The first kappa shape index (κ1) is 16.9. The van der Waals surface area contributed by atoms with Crippen LogP contribution in [0.3, 0.4) is 0 Å². The van der Waals surface area contributed by atoms with Crippen LogP contribution in [0.4, 0.5) is 4.39 Å². The standard InChI is InChI=1S/C11H16FNO5S2/c1-19(14,15)8-6-13-20(16,17)9-7-18-11-4-2-10(12)3-5-11/h2-5,13H,6-9H2,1H3. The average Bonchev–Trinajstić information content (AvgIpc) is 2.29. The predicted molar refractivity (Wildman–Crippen MR) is 73.4 cm³/mol. The van der Waals surface area contributed by atoms with Gasteiger partial charge in [-0.2, -0.15) is 0 Å². The van der Waals surface area contributed by atoms with Gasteiger partial charge in [0, 0.05) is 12.8 Å². The fourth-order valence-electron chi connectivity index (χ4n) is 1.25. The number of hydrogen-bond donors (Lipinski definition) is 1. The second-order valence-corrected chi connectivity index (χ2v) is 8.33. The third kappa shape index (κ3) is 7.41. The summed E-state index contributed by atoms with van der Waals surface area (Å²) < 4.78 is 64.7. The van der Waals surface area contributed by atoms with Crippen molar-refractivity contribution in [1.82, 2.24) is 4.72 Å². The summed E-state index contributed by atoms with van der Waals surface area (Å²) in [7, 11) is -6.80. The zero-order valence-corrected chi connectivity index (χ0v) is 12.5. The topological polar surface area (TPSA) is 89.5 Å². The summed E-state index contributed by atoms with van der Waals surface area (Å²) in [6.45, 7) is -0.280. The molecule has 0 saturated carbocycles. The van der Waals surface area contributed by atoms with E-state index in [9.17, 15) is 21.2 Å². The zero-order chi connectivity index (χ0) is 15.2. The van der Waals surface area contributed by atoms with Crippen LogP contribution in [0.1, 0.15) is 0 Å². The molecule has 114 valence electrons. The Kier molecular flexibility index (Phi) is 5.90. The van der Waals surface area contributed by atoms with Crippen molar-refractivity contribution in [3.8, 4) is 5.75 Å². The van der Waals surface area contributed by atoms with Crippen LogP contribution in [0.25, 0.3) is 0 Å². The fourth-order valence-corrected chi connectivity index (χ4v) is 2.72. The Hall–Kier alpha value is -1.19. The van der Waals surface area contributed by atoms with E-state index in [0.717, 1.165) is 6.26 Å². The van der Waals surface area contributed by atoms with Crippen LogP contribution in [0.5, 0.6) is 5.75 Å². The molecular weight excluding hydrogens is 309 g/mol.